The summed E-state index contributed by atoms with van der Waals surface area (Å²) in [5, 5.41) is 6.85. The molecule has 0 bridgehead atoms. The summed E-state index contributed by atoms with van der Waals surface area (Å²) in [4.78, 5) is 10.9. The van der Waals surface area contributed by atoms with Gasteiger partial charge in [0.05, 0.1) is 11.8 Å². The third kappa shape index (κ3) is 1.24. The maximum Gasteiger partial charge on any atom is 0.165 e. The van der Waals surface area contributed by atoms with E-state index in [4.69, 9.17) is 0 Å². The lowest BCUT2D eigenvalue weighted by Gasteiger charge is -2.00. The van der Waals surface area contributed by atoms with E-state index in [1.165, 1.54) is 6.92 Å². The van der Waals surface area contributed by atoms with Crippen molar-refractivity contribution in [2.24, 2.45) is 7.05 Å². The molecular formula is C7H11N3O. The molecule has 0 spiro atoms. The second-order valence-electron chi connectivity index (χ2n) is 2.34. The molecule has 4 nitrogen and oxygen atoms in total. The van der Waals surface area contributed by atoms with Crippen LogP contribution in [0.1, 0.15) is 17.3 Å². The van der Waals surface area contributed by atoms with E-state index in [1.807, 2.05) is 0 Å². The number of hydrogen-bond donors (Lipinski definition) is 1. The van der Waals surface area contributed by atoms with Crippen LogP contribution < -0.4 is 5.32 Å². The molecule has 0 saturated heterocycles. The molecule has 4 heteroatoms. The average Bonchev–Trinajstić information content (AvgIpc) is 2.30. The van der Waals surface area contributed by atoms with Crippen molar-refractivity contribution in [1.82, 2.24) is 9.78 Å². The molecule has 0 aromatic carbocycles. The number of hydrogen-bond acceptors (Lipinski definition) is 3. The van der Waals surface area contributed by atoms with Gasteiger partial charge in [-0.05, 0) is 6.92 Å². The number of carbonyl (C=O) groups excluding carboxylic acids is 1. The topological polar surface area (TPSA) is 46.9 Å². The molecule has 1 N–H and O–H groups in total. The van der Waals surface area contributed by atoms with E-state index in [9.17, 15) is 4.79 Å². The van der Waals surface area contributed by atoms with E-state index in [0.29, 0.717) is 5.56 Å². The Labute approximate surface area is 65.2 Å². The van der Waals surface area contributed by atoms with E-state index in [1.54, 1.807) is 25.0 Å². The van der Waals surface area contributed by atoms with Gasteiger partial charge in [-0.15, -0.1) is 0 Å². The molecule has 60 valence electrons. The highest BCUT2D eigenvalue weighted by molar-refractivity contribution is 5.98. The van der Waals surface area contributed by atoms with Crippen LogP contribution in [0.15, 0.2) is 6.20 Å². The van der Waals surface area contributed by atoms with Gasteiger partial charge in [-0.3, -0.25) is 9.48 Å². The van der Waals surface area contributed by atoms with Crippen LogP contribution in [0.2, 0.25) is 0 Å². The number of nitrogens with one attached hydrogen (secondary N) is 1. The second kappa shape index (κ2) is 2.74. The molecule has 11 heavy (non-hydrogen) atoms. The van der Waals surface area contributed by atoms with Gasteiger partial charge < -0.3 is 5.32 Å². The lowest BCUT2D eigenvalue weighted by atomic mass is 10.2. The van der Waals surface area contributed by atoms with Crippen molar-refractivity contribution in [3.63, 3.8) is 0 Å². The zero-order valence-corrected chi connectivity index (χ0v) is 6.88. The fourth-order valence-corrected chi connectivity index (χ4v) is 0.992. The number of aromatic nitrogens is 2. The average molecular weight is 153 g/mol. The molecule has 0 amide bonds. The van der Waals surface area contributed by atoms with Crippen molar-refractivity contribution in [1.29, 1.82) is 0 Å². The van der Waals surface area contributed by atoms with Crippen LogP contribution in [-0.4, -0.2) is 22.6 Å². The van der Waals surface area contributed by atoms with Gasteiger partial charge in [0.25, 0.3) is 0 Å². The first-order valence-electron chi connectivity index (χ1n) is 3.37. The lowest BCUT2D eigenvalue weighted by Crippen LogP contribution is -2.02. The van der Waals surface area contributed by atoms with Crippen LogP contribution in [0, 0.1) is 0 Å². The van der Waals surface area contributed by atoms with E-state index in [-0.39, 0.29) is 5.78 Å². The van der Waals surface area contributed by atoms with Crippen molar-refractivity contribution in [2.75, 3.05) is 12.4 Å². The Bertz CT molecular complexity index is 277. The first-order valence-corrected chi connectivity index (χ1v) is 3.37. The van der Waals surface area contributed by atoms with Gasteiger partial charge >= 0.3 is 0 Å². The van der Waals surface area contributed by atoms with Gasteiger partial charge in [0.1, 0.15) is 5.82 Å². The summed E-state index contributed by atoms with van der Waals surface area (Å²) in [5.74, 6) is 0.792. The van der Waals surface area contributed by atoms with Crippen molar-refractivity contribution in [3.05, 3.63) is 11.8 Å². The van der Waals surface area contributed by atoms with E-state index < -0.39 is 0 Å². The highest BCUT2D eigenvalue weighted by Crippen LogP contribution is 2.12. The van der Waals surface area contributed by atoms with Crippen LogP contribution in [0.4, 0.5) is 5.82 Å². The molecule has 0 saturated carbocycles. The van der Waals surface area contributed by atoms with Gasteiger partial charge in [0.2, 0.25) is 0 Å². The quantitative estimate of drug-likeness (QED) is 0.635. The summed E-state index contributed by atoms with van der Waals surface area (Å²) < 4.78 is 1.64. The van der Waals surface area contributed by atoms with Crippen molar-refractivity contribution in [3.8, 4) is 0 Å². The molecule has 0 atom stereocenters. The van der Waals surface area contributed by atoms with Crippen molar-refractivity contribution < 1.29 is 4.79 Å². The fourth-order valence-electron chi connectivity index (χ4n) is 0.992. The molecule has 1 aromatic heterocycles. The van der Waals surface area contributed by atoms with Gasteiger partial charge in [0.15, 0.2) is 5.78 Å². The molecular weight excluding hydrogens is 142 g/mol. The smallest absolute Gasteiger partial charge is 0.165 e. The van der Waals surface area contributed by atoms with Crippen LogP contribution in [0.25, 0.3) is 0 Å². The van der Waals surface area contributed by atoms with E-state index in [0.717, 1.165) is 5.82 Å². The molecule has 1 aromatic rings. The Morgan fingerprint density at radius 3 is 2.73 bits per heavy atom. The predicted molar refractivity (Wildman–Crippen MR) is 42.8 cm³/mol. The van der Waals surface area contributed by atoms with Gasteiger partial charge in [-0.2, -0.15) is 5.10 Å². The minimum atomic E-state index is 0.0300. The Balaban J connectivity index is 3.15. The van der Waals surface area contributed by atoms with Crippen LogP contribution in [-0.2, 0) is 7.05 Å². The number of anilines is 1. The first-order chi connectivity index (χ1) is 5.16. The third-order valence-corrected chi connectivity index (χ3v) is 1.55. The standard InChI is InChI=1S/C7H11N3O/c1-5(11)6-4-9-10(3)7(6)8-2/h4,8H,1-3H3. The second-order valence-corrected chi connectivity index (χ2v) is 2.34. The zero-order chi connectivity index (χ0) is 8.43. The molecule has 1 rings (SSSR count). The monoisotopic (exact) mass is 153 g/mol. The SMILES string of the molecule is CNc1c(C(C)=O)cnn1C. The number of aryl methyl sites for hydroxylation is 1. The molecule has 0 radical (unpaired) electrons. The summed E-state index contributed by atoms with van der Waals surface area (Å²) in [7, 11) is 3.56. The maximum absolute atomic E-state index is 10.9. The molecule has 0 unspecified atom stereocenters. The first kappa shape index (κ1) is 7.78. The summed E-state index contributed by atoms with van der Waals surface area (Å²) in [5.41, 5.74) is 0.634. The third-order valence-electron chi connectivity index (χ3n) is 1.55. The fraction of sp³-hybridized carbons (Fsp3) is 0.429. The number of carbonyl (C=O) groups is 1. The van der Waals surface area contributed by atoms with E-state index in [2.05, 4.69) is 10.4 Å². The number of ketones is 1. The molecule has 0 aliphatic carbocycles. The number of nitrogens with zero attached hydrogens (tertiary/aromatic N) is 2. The lowest BCUT2D eigenvalue weighted by molar-refractivity contribution is 0.101. The highest BCUT2D eigenvalue weighted by Gasteiger charge is 2.09. The predicted octanol–water partition coefficient (Wildman–Crippen LogP) is 0.664. The molecule has 0 aliphatic heterocycles. The summed E-state index contributed by atoms with van der Waals surface area (Å²) in [6.07, 6.45) is 1.56. The summed E-state index contributed by atoms with van der Waals surface area (Å²) in [6.45, 7) is 1.53. The zero-order valence-electron chi connectivity index (χ0n) is 6.88. The van der Waals surface area contributed by atoms with Crippen LogP contribution in [0.3, 0.4) is 0 Å². The Kier molecular flexibility index (Phi) is 1.94. The molecule has 0 fully saturated rings. The van der Waals surface area contributed by atoms with Gasteiger partial charge in [-0.1, -0.05) is 0 Å². The van der Waals surface area contributed by atoms with E-state index >= 15 is 0 Å². The Morgan fingerprint density at radius 1 is 1.73 bits per heavy atom. The summed E-state index contributed by atoms with van der Waals surface area (Å²) in [6, 6.07) is 0. The minimum absolute atomic E-state index is 0.0300. The molecule has 0 aliphatic rings. The summed E-state index contributed by atoms with van der Waals surface area (Å²) >= 11 is 0. The normalized spacial score (nSPS) is 9.73. The van der Waals surface area contributed by atoms with Crippen LogP contribution >= 0.6 is 0 Å². The largest absolute Gasteiger partial charge is 0.373 e. The van der Waals surface area contributed by atoms with Crippen molar-refractivity contribution in [2.45, 2.75) is 6.92 Å². The highest BCUT2D eigenvalue weighted by atomic mass is 16.1. The van der Waals surface area contributed by atoms with Gasteiger partial charge in [0, 0.05) is 14.1 Å². The molecule has 1 heterocycles. The number of rotatable bonds is 2. The number of Topliss-reactive ketones (excluding diaryl/α,β-unsaturated/α-hetero) is 1. The Hall–Kier alpha value is -1.32. The maximum atomic E-state index is 10.9. The minimum Gasteiger partial charge on any atom is -0.373 e. The van der Waals surface area contributed by atoms with Crippen molar-refractivity contribution >= 4 is 11.6 Å². The van der Waals surface area contributed by atoms with Crippen LogP contribution in [0.5, 0.6) is 0 Å². The Morgan fingerprint density at radius 2 is 2.36 bits per heavy atom. The van der Waals surface area contributed by atoms with Gasteiger partial charge in [-0.25, -0.2) is 0 Å².